The highest BCUT2D eigenvalue weighted by molar-refractivity contribution is 8.09. The number of rotatable bonds is 8. The highest BCUT2D eigenvalue weighted by atomic mass is 32.3. The SMILES string of the molecule is CCC(C)(C)S(=O)(=O)C(N=N[N+](=[N-])N=NC)S(=O)(=O)C1CCCCC1. The molecule has 1 fully saturated rings. The van der Waals surface area contributed by atoms with Crippen LogP contribution in [0.2, 0.25) is 0 Å². The molecule has 0 aromatic carbocycles. The van der Waals surface area contributed by atoms with Crippen molar-refractivity contribution in [3.63, 3.8) is 0 Å². The van der Waals surface area contributed by atoms with Gasteiger partial charge in [-0.05, 0) is 33.1 Å². The maximum atomic E-state index is 13.0. The van der Waals surface area contributed by atoms with Gasteiger partial charge in [-0.2, -0.15) is 5.53 Å². The molecule has 0 bridgehead atoms. The van der Waals surface area contributed by atoms with Gasteiger partial charge in [0.15, 0.2) is 0 Å². The van der Waals surface area contributed by atoms with Gasteiger partial charge in [-0.3, -0.25) is 0 Å². The monoisotopic (exact) mass is 394 g/mol. The van der Waals surface area contributed by atoms with Crippen LogP contribution in [0.5, 0.6) is 0 Å². The van der Waals surface area contributed by atoms with Crippen molar-refractivity contribution < 1.29 is 21.8 Å². The highest BCUT2D eigenvalue weighted by Crippen LogP contribution is 2.34. The van der Waals surface area contributed by atoms with Crippen molar-refractivity contribution in [2.45, 2.75) is 74.0 Å². The topological polar surface area (TPSA) is 143 Å². The second-order valence-corrected chi connectivity index (χ2v) is 11.8. The number of hydrogen-bond donors (Lipinski definition) is 0. The van der Waals surface area contributed by atoms with Gasteiger partial charge in [0.1, 0.15) is 0 Å². The molecule has 0 aliphatic heterocycles. The minimum absolute atomic E-state index is 0.0577. The smallest absolute Gasteiger partial charge is 0.224 e. The summed E-state index contributed by atoms with van der Waals surface area (Å²) < 4.78 is 48.5. The molecule has 1 aliphatic rings. The van der Waals surface area contributed by atoms with Crippen molar-refractivity contribution in [3.05, 3.63) is 5.53 Å². The fourth-order valence-electron chi connectivity index (χ4n) is 2.52. The first-order valence-corrected chi connectivity index (χ1v) is 11.3. The molecule has 0 heterocycles. The molecule has 1 aliphatic carbocycles. The zero-order valence-corrected chi connectivity index (χ0v) is 16.7. The predicted octanol–water partition coefficient (Wildman–Crippen LogP) is 3.02. The van der Waals surface area contributed by atoms with Crippen LogP contribution < -0.4 is 0 Å². The number of nitrogens with zero attached hydrogens (tertiary/aromatic N) is 6. The van der Waals surface area contributed by atoms with E-state index in [0.29, 0.717) is 12.8 Å². The summed E-state index contributed by atoms with van der Waals surface area (Å²) in [5.41, 5.74) is 9.32. The highest BCUT2D eigenvalue weighted by Gasteiger charge is 2.51. The van der Waals surface area contributed by atoms with Gasteiger partial charge >= 0.3 is 4.71 Å². The van der Waals surface area contributed by atoms with Crippen LogP contribution in [0.25, 0.3) is 5.53 Å². The summed E-state index contributed by atoms with van der Waals surface area (Å²) in [5, 5.41) is 12.2. The number of sulfone groups is 2. The Labute approximate surface area is 149 Å². The Balaban J connectivity index is 3.40. The van der Waals surface area contributed by atoms with Crippen LogP contribution in [-0.2, 0) is 19.7 Å². The fourth-order valence-corrected chi connectivity index (χ4v) is 7.80. The van der Waals surface area contributed by atoms with Crippen molar-refractivity contribution in [2.75, 3.05) is 7.05 Å². The quantitative estimate of drug-likeness (QED) is 0.354. The lowest BCUT2D eigenvalue weighted by atomic mass is 10.0. The van der Waals surface area contributed by atoms with Crippen molar-refractivity contribution in [2.24, 2.45) is 20.7 Å². The van der Waals surface area contributed by atoms with Crippen LogP contribution >= 0.6 is 0 Å². The Morgan fingerprint density at radius 1 is 1.12 bits per heavy atom. The molecule has 0 aromatic rings. The van der Waals surface area contributed by atoms with Crippen LogP contribution in [0.4, 0.5) is 0 Å². The molecule has 1 unspecified atom stereocenters. The van der Waals surface area contributed by atoms with Gasteiger partial charge in [-0.25, -0.2) is 16.8 Å². The second-order valence-electron chi connectivity index (χ2n) is 6.58. The van der Waals surface area contributed by atoms with Gasteiger partial charge in [-0.1, -0.05) is 41.7 Å². The van der Waals surface area contributed by atoms with E-state index in [4.69, 9.17) is 0 Å². The summed E-state index contributed by atoms with van der Waals surface area (Å²) in [7, 11) is -7.11. The molecule has 144 valence electrons. The molecule has 0 N–H and O–H groups in total. The molecule has 1 atom stereocenters. The van der Waals surface area contributed by atoms with E-state index in [1.54, 1.807) is 6.92 Å². The Kier molecular flexibility index (Phi) is 7.29. The summed E-state index contributed by atoms with van der Waals surface area (Å²) in [6.45, 7) is 4.55. The first-order chi connectivity index (χ1) is 11.5. The van der Waals surface area contributed by atoms with E-state index in [1.807, 2.05) is 0 Å². The van der Waals surface area contributed by atoms with E-state index in [1.165, 1.54) is 20.9 Å². The molecule has 1 rings (SSSR count). The Morgan fingerprint density at radius 3 is 2.16 bits per heavy atom. The van der Waals surface area contributed by atoms with Gasteiger partial charge in [0.2, 0.25) is 19.7 Å². The summed E-state index contributed by atoms with van der Waals surface area (Å²) in [6.07, 6.45) is 3.37. The first kappa shape index (κ1) is 21.7. The van der Waals surface area contributed by atoms with Crippen molar-refractivity contribution in [3.8, 4) is 0 Å². The summed E-state index contributed by atoms with van der Waals surface area (Å²) in [5.74, 6) is 0. The van der Waals surface area contributed by atoms with Gasteiger partial charge < -0.3 is 0 Å². The van der Waals surface area contributed by atoms with Gasteiger partial charge in [0.25, 0.3) is 0 Å². The van der Waals surface area contributed by atoms with Crippen molar-refractivity contribution in [1.82, 2.24) is 0 Å². The molecular weight excluding hydrogens is 368 g/mol. The van der Waals surface area contributed by atoms with Crippen LogP contribution in [0.1, 0.15) is 59.3 Å². The summed E-state index contributed by atoms with van der Waals surface area (Å²) >= 11 is 0. The Morgan fingerprint density at radius 2 is 1.68 bits per heavy atom. The lowest BCUT2D eigenvalue weighted by Gasteiger charge is -2.28. The summed E-state index contributed by atoms with van der Waals surface area (Å²) in [6, 6.07) is 0. The molecule has 0 aromatic heterocycles. The fraction of sp³-hybridized carbons (Fsp3) is 1.00. The normalized spacial score (nSPS) is 19.5. The Bertz CT molecular complexity index is 736. The van der Waals surface area contributed by atoms with Crippen LogP contribution in [0.15, 0.2) is 20.7 Å². The molecule has 0 saturated heterocycles. The van der Waals surface area contributed by atoms with E-state index in [-0.39, 0.29) is 11.3 Å². The third-order valence-corrected chi connectivity index (χ3v) is 10.7. The molecule has 1 saturated carbocycles. The van der Waals surface area contributed by atoms with Crippen LogP contribution in [0.3, 0.4) is 0 Å². The predicted molar refractivity (Wildman–Crippen MR) is 92.1 cm³/mol. The third kappa shape index (κ3) is 4.87. The van der Waals surface area contributed by atoms with Crippen molar-refractivity contribution >= 4 is 19.7 Å². The largest absolute Gasteiger partial charge is 0.319 e. The average molecular weight is 395 g/mol. The van der Waals surface area contributed by atoms with Gasteiger partial charge in [-0.15, -0.1) is 10.0 Å². The van der Waals surface area contributed by atoms with E-state index < -0.39 is 34.4 Å². The van der Waals surface area contributed by atoms with Gasteiger partial charge in [0.05, 0.1) is 17.0 Å². The zero-order valence-electron chi connectivity index (χ0n) is 15.0. The maximum absolute atomic E-state index is 13.0. The summed E-state index contributed by atoms with van der Waals surface area (Å²) in [4.78, 5) is -0.0577. The van der Waals surface area contributed by atoms with Crippen molar-refractivity contribution in [1.29, 1.82) is 0 Å². The van der Waals surface area contributed by atoms with Crippen LogP contribution in [-0.4, -0.2) is 43.5 Å². The van der Waals surface area contributed by atoms with Crippen LogP contribution in [0, 0.1) is 0 Å². The van der Waals surface area contributed by atoms with E-state index in [9.17, 15) is 22.4 Å². The van der Waals surface area contributed by atoms with E-state index in [2.05, 4.69) is 20.7 Å². The second kappa shape index (κ2) is 8.39. The molecule has 0 amide bonds. The minimum Gasteiger partial charge on any atom is -0.224 e. The zero-order chi connectivity index (χ0) is 19.3. The van der Waals surface area contributed by atoms with Gasteiger partial charge in [0, 0.05) is 0 Å². The Hall–Kier alpha value is -1.30. The third-order valence-electron chi connectivity index (χ3n) is 4.58. The molecule has 12 heteroatoms. The van der Waals surface area contributed by atoms with E-state index in [0.717, 1.165) is 19.3 Å². The first-order valence-electron chi connectivity index (χ1n) is 8.16. The molecule has 10 nitrogen and oxygen atoms in total. The maximum Gasteiger partial charge on any atom is 0.319 e. The molecule has 0 radical (unpaired) electrons. The minimum atomic E-state index is -4.23. The lowest BCUT2D eigenvalue weighted by Crippen LogP contribution is -2.45. The molecular formula is C13H26N6O4S2. The number of hydrogen-bond acceptors (Lipinski definition) is 6. The van der Waals surface area contributed by atoms with E-state index >= 15 is 0 Å². The molecule has 0 spiro atoms. The molecule has 25 heavy (non-hydrogen) atoms. The average Bonchev–Trinajstić information content (AvgIpc) is 2.55. The standard InChI is InChI=1S/C13H26N6O4S2/c1-5-13(2,3)25(22,23)12(16-18-19(14)17-15-4)24(20,21)11-9-7-6-8-10-11/h11-12H,5-10H2,1-4H3. The lowest BCUT2D eigenvalue weighted by molar-refractivity contribution is -0.576.